The molecule has 27 heavy (non-hydrogen) atoms. The summed E-state index contributed by atoms with van der Waals surface area (Å²) in [5, 5.41) is 0. The summed E-state index contributed by atoms with van der Waals surface area (Å²) < 4.78 is 27.6. The second-order valence-corrected chi connectivity index (χ2v) is 7.98. The van der Waals surface area contributed by atoms with Gasteiger partial charge in [-0.3, -0.25) is 4.79 Å². The zero-order valence-corrected chi connectivity index (χ0v) is 16.6. The zero-order chi connectivity index (χ0) is 19.9. The number of amides is 1. The summed E-state index contributed by atoms with van der Waals surface area (Å²) in [6.45, 7) is 4.38. The summed E-state index contributed by atoms with van der Waals surface area (Å²) in [4.78, 5) is 14.5. The maximum atomic E-state index is 12.7. The Balaban J connectivity index is 2.18. The summed E-state index contributed by atoms with van der Waals surface area (Å²) >= 11 is 0. The van der Waals surface area contributed by atoms with Crippen molar-refractivity contribution in [3.8, 4) is 5.75 Å². The number of hydrogen-bond acceptors (Lipinski definition) is 4. The van der Waals surface area contributed by atoms with Crippen molar-refractivity contribution >= 4 is 22.1 Å². The van der Waals surface area contributed by atoms with Crippen molar-refractivity contribution in [1.82, 2.24) is 4.90 Å². The van der Waals surface area contributed by atoms with E-state index in [4.69, 9.17) is 4.18 Å². The first kappa shape index (κ1) is 20.7. The van der Waals surface area contributed by atoms with Gasteiger partial charge < -0.3 is 9.08 Å². The highest BCUT2D eigenvalue weighted by atomic mass is 32.2. The first-order valence-electron chi connectivity index (χ1n) is 8.80. The standard InChI is InChI=1S/C21H25NO4S/c1-4-17(2)22(21(23)14-13-18-9-6-5-7-10-18)16-19-11-8-12-20(15-19)26-27(3,24)25/h5-15,17H,4,16H2,1-3H3/b14-13+/t17-/m1/s1. The second-order valence-electron chi connectivity index (χ2n) is 6.40. The molecule has 0 bridgehead atoms. The van der Waals surface area contributed by atoms with Crippen LogP contribution in [0.5, 0.6) is 5.75 Å². The van der Waals surface area contributed by atoms with Gasteiger partial charge in [-0.15, -0.1) is 0 Å². The minimum Gasteiger partial charge on any atom is -0.383 e. The molecule has 2 rings (SSSR count). The van der Waals surface area contributed by atoms with Gasteiger partial charge in [-0.2, -0.15) is 8.42 Å². The molecule has 0 saturated carbocycles. The summed E-state index contributed by atoms with van der Waals surface area (Å²) in [6.07, 6.45) is 5.17. The SMILES string of the molecule is CC[C@@H](C)N(Cc1cccc(OS(C)(=O)=O)c1)C(=O)/C=C/c1ccccc1. The van der Waals surface area contributed by atoms with Gasteiger partial charge in [0.25, 0.3) is 0 Å². The lowest BCUT2D eigenvalue weighted by atomic mass is 10.1. The maximum Gasteiger partial charge on any atom is 0.306 e. The average molecular weight is 388 g/mol. The molecule has 0 aliphatic rings. The molecule has 6 heteroatoms. The van der Waals surface area contributed by atoms with Crippen molar-refractivity contribution in [3.63, 3.8) is 0 Å². The molecule has 0 unspecified atom stereocenters. The van der Waals surface area contributed by atoms with Crippen LogP contribution < -0.4 is 4.18 Å². The number of carbonyl (C=O) groups is 1. The van der Waals surface area contributed by atoms with Crippen LogP contribution in [0.2, 0.25) is 0 Å². The van der Waals surface area contributed by atoms with Crippen molar-refractivity contribution in [3.05, 3.63) is 71.8 Å². The molecule has 0 aliphatic carbocycles. The molecule has 144 valence electrons. The third-order valence-corrected chi connectivity index (χ3v) is 4.62. The van der Waals surface area contributed by atoms with Crippen LogP contribution >= 0.6 is 0 Å². The van der Waals surface area contributed by atoms with Crippen LogP contribution in [0.4, 0.5) is 0 Å². The Labute approximate surface area is 161 Å². The average Bonchev–Trinajstić information content (AvgIpc) is 2.63. The normalized spacial score (nSPS) is 12.7. The van der Waals surface area contributed by atoms with Gasteiger partial charge in [-0.1, -0.05) is 49.4 Å². The Bertz CT molecular complexity index is 891. The van der Waals surface area contributed by atoms with E-state index in [9.17, 15) is 13.2 Å². The predicted octanol–water partition coefficient (Wildman–Crippen LogP) is 3.87. The first-order valence-corrected chi connectivity index (χ1v) is 10.6. The smallest absolute Gasteiger partial charge is 0.306 e. The first-order chi connectivity index (χ1) is 12.8. The van der Waals surface area contributed by atoms with Crippen molar-refractivity contribution in [2.45, 2.75) is 32.9 Å². The Morgan fingerprint density at radius 2 is 1.85 bits per heavy atom. The summed E-state index contributed by atoms with van der Waals surface area (Å²) in [7, 11) is -3.59. The Kier molecular flexibility index (Phi) is 7.19. The fourth-order valence-corrected chi connectivity index (χ4v) is 3.02. The minimum absolute atomic E-state index is 0.0393. The molecular weight excluding hydrogens is 362 g/mol. The molecule has 1 atom stereocenters. The van der Waals surface area contributed by atoms with Crippen LogP contribution in [-0.4, -0.2) is 31.5 Å². The largest absolute Gasteiger partial charge is 0.383 e. The monoisotopic (exact) mass is 387 g/mol. The van der Waals surface area contributed by atoms with E-state index in [0.29, 0.717) is 6.54 Å². The predicted molar refractivity (Wildman–Crippen MR) is 108 cm³/mol. The van der Waals surface area contributed by atoms with Crippen LogP contribution in [0.25, 0.3) is 6.08 Å². The van der Waals surface area contributed by atoms with Gasteiger partial charge in [0.15, 0.2) is 0 Å². The molecule has 0 aromatic heterocycles. The summed E-state index contributed by atoms with van der Waals surface area (Å²) in [5.41, 5.74) is 1.76. The van der Waals surface area contributed by atoms with Crippen molar-refractivity contribution < 1.29 is 17.4 Å². The molecule has 0 fully saturated rings. The quantitative estimate of drug-likeness (QED) is 0.510. The van der Waals surface area contributed by atoms with Crippen molar-refractivity contribution in [2.24, 2.45) is 0 Å². The van der Waals surface area contributed by atoms with Gasteiger partial charge in [0, 0.05) is 18.7 Å². The van der Waals surface area contributed by atoms with Gasteiger partial charge in [0.05, 0.1) is 6.26 Å². The molecule has 1 amide bonds. The third-order valence-electron chi connectivity index (χ3n) is 4.12. The molecule has 0 N–H and O–H groups in total. The maximum absolute atomic E-state index is 12.7. The lowest BCUT2D eigenvalue weighted by Gasteiger charge is -2.28. The zero-order valence-electron chi connectivity index (χ0n) is 15.8. The minimum atomic E-state index is -3.59. The molecule has 0 aliphatic heterocycles. The highest BCUT2D eigenvalue weighted by Gasteiger charge is 2.17. The van der Waals surface area contributed by atoms with E-state index in [1.807, 2.05) is 50.2 Å². The molecule has 2 aromatic rings. The second kappa shape index (κ2) is 9.37. The van der Waals surface area contributed by atoms with Crippen molar-refractivity contribution in [1.29, 1.82) is 0 Å². The van der Waals surface area contributed by atoms with E-state index in [0.717, 1.165) is 23.8 Å². The van der Waals surface area contributed by atoms with Crippen LogP contribution in [0.1, 0.15) is 31.4 Å². The number of rotatable bonds is 8. The number of hydrogen-bond donors (Lipinski definition) is 0. The lowest BCUT2D eigenvalue weighted by Crippen LogP contribution is -2.36. The van der Waals surface area contributed by atoms with Crippen LogP contribution in [-0.2, 0) is 21.5 Å². The molecule has 0 radical (unpaired) electrons. The highest BCUT2D eigenvalue weighted by molar-refractivity contribution is 7.86. The van der Waals surface area contributed by atoms with E-state index < -0.39 is 10.1 Å². The Morgan fingerprint density at radius 3 is 2.48 bits per heavy atom. The molecule has 0 heterocycles. The lowest BCUT2D eigenvalue weighted by molar-refractivity contribution is -0.128. The Morgan fingerprint density at radius 1 is 1.15 bits per heavy atom. The molecule has 5 nitrogen and oxygen atoms in total. The van der Waals surface area contributed by atoms with Crippen LogP contribution in [0.15, 0.2) is 60.7 Å². The van der Waals surface area contributed by atoms with Gasteiger partial charge >= 0.3 is 10.1 Å². The van der Waals surface area contributed by atoms with Gasteiger partial charge in [0.2, 0.25) is 5.91 Å². The van der Waals surface area contributed by atoms with E-state index in [-0.39, 0.29) is 17.7 Å². The van der Waals surface area contributed by atoms with Crippen molar-refractivity contribution in [2.75, 3.05) is 6.26 Å². The van der Waals surface area contributed by atoms with E-state index in [1.165, 1.54) is 0 Å². The number of benzene rings is 2. The van der Waals surface area contributed by atoms with E-state index in [1.54, 1.807) is 35.3 Å². The van der Waals surface area contributed by atoms with Crippen LogP contribution in [0, 0.1) is 0 Å². The van der Waals surface area contributed by atoms with Gasteiger partial charge in [-0.25, -0.2) is 0 Å². The fourth-order valence-electron chi connectivity index (χ4n) is 2.57. The Hall–Kier alpha value is -2.60. The summed E-state index contributed by atoms with van der Waals surface area (Å²) in [5.74, 6) is 0.147. The third kappa shape index (κ3) is 6.90. The van der Waals surface area contributed by atoms with Gasteiger partial charge in [0.1, 0.15) is 5.75 Å². The molecular formula is C21H25NO4S. The molecule has 0 spiro atoms. The van der Waals surface area contributed by atoms with Gasteiger partial charge in [-0.05, 0) is 42.7 Å². The van der Waals surface area contributed by atoms with E-state index in [2.05, 4.69) is 0 Å². The topological polar surface area (TPSA) is 63.7 Å². The number of carbonyl (C=O) groups excluding carboxylic acids is 1. The highest BCUT2D eigenvalue weighted by Crippen LogP contribution is 2.18. The fraction of sp³-hybridized carbons (Fsp3) is 0.286. The number of nitrogens with zero attached hydrogens (tertiary/aromatic N) is 1. The molecule has 0 saturated heterocycles. The van der Waals surface area contributed by atoms with Crippen LogP contribution in [0.3, 0.4) is 0 Å². The van der Waals surface area contributed by atoms with E-state index >= 15 is 0 Å². The molecule has 2 aromatic carbocycles. The summed E-state index contributed by atoms with van der Waals surface area (Å²) in [6, 6.07) is 16.5.